The molecule has 0 bridgehead atoms. The molecule has 0 heterocycles. The van der Waals surface area contributed by atoms with E-state index in [0.29, 0.717) is 6.42 Å². The van der Waals surface area contributed by atoms with Crippen LogP contribution in [-0.4, -0.2) is 11.7 Å². The summed E-state index contributed by atoms with van der Waals surface area (Å²) in [7, 11) is 0. The van der Waals surface area contributed by atoms with Crippen LogP contribution in [0.1, 0.15) is 17.5 Å². The van der Waals surface area contributed by atoms with Crippen molar-refractivity contribution in [3.63, 3.8) is 0 Å². The van der Waals surface area contributed by atoms with Gasteiger partial charge in [0, 0.05) is 27.1 Å². The maximum absolute atomic E-state index is 8.68. The van der Waals surface area contributed by atoms with Crippen molar-refractivity contribution in [2.24, 2.45) is 0 Å². The van der Waals surface area contributed by atoms with Gasteiger partial charge >= 0.3 is 0 Å². The van der Waals surface area contributed by atoms with Crippen molar-refractivity contribution in [1.29, 1.82) is 0 Å². The average molecular weight is 347 g/mol. The highest BCUT2D eigenvalue weighted by Gasteiger charge is 1.97. The Balaban J connectivity index is 1.93. The van der Waals surface area contributed by atoms with E-state index in [1.807, 2.05) is 36.0 Å². The molecule has 102 valence electrons. The third-order valence-electron chi connectivity index (χ3n) is 2.63. The van der Waals surface area contributed by atoms with Crippen LogP contribution in [0.2, 0.25) is 0 Å². The van der Waals surface area contributed by atoms with E-state index in [4.69, 9.17) is 5.11 Å². The monoisotopic (exact) mass is 346 g/mol. The molecular weight excluding hydrogens is 332 g/mol. The van der Waals surface area contributed by atoms with Crippen LogP contribution in [0.4, 0.5) is 0 Å². The third-order valence-corrected chi connectivity index (χ3v) is 4.18. The van der Waals surface area contributed by atoms with E-state index in [-0.39, 0.29) is 6.61 Å². The van der Waals surface area contributed by atoms with Crippen LogP contribution < -0.4 is 0 Å². The lowest BCUT2D eigenvalue weighted by Crippen LogP contribution is -1.82. The second kappa shape index (κ2) is 8.16. The second-order valence-electron chi connectivity index (χ2n) is 4.22. The molecule has 3 heteroatoms. The van der Waals surface area contributed by atoms with Crippen molar-refractivity contribution in [3.8, 4) is 11.8 Å². The number of rotatable bonds is 4. The van der Waals surface area contributed by atoms with Gasteiger partial charge in [0.1, 0.15) is 0 Å². The van der Waals surface area contributed by atoms with Crippen LogP contribution in [0.25, 0.3) is 0 Å². The zero-order valence-electron chi connectivity index (χ0n) is 11.0. The Labute approximate surface area is 132 Å². The number of hydrogen-bond donors (Lipinski definition) is 1. The maximum Gasteiger partial charge on any atom is 0.0540 e. The molecule has 0 amide bonds. The van der Waals surface area contributed by atoms with Crippen LogP contribution in [0.5, 0.6) is 0 Å². The van der Waals surface area contributed by atoms with Gasteiger partial charge in [0.25, 0.3) is 0 Å². The smallest absolute Gasteiger partial charge is 0.0540 e. The molecule has 2 rings (SSSR count). The number of hydrogen-bond acceptors (Lipinski definition) is 2. The Morgan fingerprint density at radius 3 is 2.60 bits per heavy atom. The fraction of sp³-hybridized carbons (Fsp3) is 0.176. The first-order valence-electron chi connectivity index (χ1n) is 6.35. The summed E-state index contributed by atoms with van der Waals surface area (Å²) >= 11 is 5.30. The van der Waals surface area contributed by atoms with Crippen LogP contribution >= 0.6 is 27.7 Å². The van der Waals surface area contributed by atoms with Gasteiger partial charge in [-0.3, -0.25) is 0 Å². The fourth-order valence-corrected chi connectivity index (χ4v) is 3.09. The second-order valence-corrected chi connectivity index (χ2v) is 6.18. The van der Waals surface area contributed by atoms with Gasteiger partial charge in [-0.05, 0) is 35.9 Å². The summed E-state index contributed by atoms with van der Waals surface area (Å²) in [4.78, 5) is 1.26. The molecule has 0 aromatic heterocycles. The van der Waals surface area contributed by atoms with Gasteiger partial charge in [0.15, 0.2) is 0 Å². The average Bonchev–Trinajstić information content (AvgIpc) is 2.47. The van der Waals surface area contributed by atoms with Crippen molar-refractivity contribution >= 4 is 27.7 Å². The predicted molar refractivity (Wildman–Crippen MR) is 88.7 cm³/mol. The summed E-state index contributed by atoms with van der Waals surface area (Å²) in [5.41, 5.74) is 2.28. The zero-order chi connectivity index (χ0) is 14.2. The first kappa shape index (κ1) is 15.2. The Hall–Kier alpha value is -1.21. The lowest BCUT2D eigenvalue weighted by atomic mass is 10.1. The molecule has 20 heavy (non-hydrogen) atoms. The molecule has 2 aromatic rings. The number of aliphatic hydroxyl groups excluding tert-OH is 1. The minimum atomic E-state index is 0.119. The van der Waals surface area contributed by atoms with Gasteiger partial charge in [-0.1, -0.05) is 46.0 Å². The topological polar surface area (TPSA) is 20.2 Å². The first-order valence-corrected chi connectivity index (χ1v) is 8.13. The van der Waals surface area contributed by atoms with E-state index in [2.05, 4.69) is 52.0 Å². The Kier molecular flexibility index (Phi) is 6.20. The molecule has 1 nitrogen and oxygen atoms in total. The van der Waals surface area contributed by atoms with Crippen LogP contribution in [-0.2, 0) is 5.75 Å². The summed E-state index contributed by atoms with van der Waals surface area (Å²) in [5, 5.41) is 8.68. The van der Waals surface area contributed by atoms with Crippen molar-refractivity contribution in [2.45, 2.75) is 17.1 Å². The predicted octanol–water partition coefficient (Wildman–Crippen LogP) is 4.48. The molecular formula is C17H15BrOS. The molecule has 2 aromatic carbocycles. The largest absolute Gasteiger partial charge is 0.395 e. The molecule has 0 aliphatic rings. The van der Waals surface area contributed by atoms with Crippen LogP contribution in [0, 0.1) is 11.8 Å². The molecule has 0 saturated carbocycles. The quantitative estimate of drug-likeness (QED) is 0.650. The van der Waals surface area contributed by atoms with E-state index >= 15 is 0 Å². The summed E-state index contributed by atoms with van der Waals surface area (Å²) in [6.45, 7) is 0.119. The van der Waals surface area contributed by atoms with Gasteiger partial charge in [-0.2, -0.15) is 0 Å². The fourth-order valence-electron chi connectivity index (χ4n) is 1.63. The molecule has 0 radical (unpaired) electrons. The van der Waals surface area contributed by atoms with Crippen LogP contribution in [0.3, 0.4) is 0 Å². The lowest BCUT2D eigenvalue weighted by Gasteiger charge is -2.03. The van der Waals surface area contributed by atoms with E-state index in [9.17, 15) is 0 Å². The molecule has 0 unspecified atom stereocenters. The minimum absolute atomic E-state index is 0.119. The van der Waals surface area contributed by atoms with E-state index in [1.165, 1.54) is 10.5 Å². The van der Waals surface area contributed by atoms with Gasteiger partial charge in [-0.25, -0.2) is 0 Å². The number of aliphatic hydroxyl groups is 1. The number of halogens is 1. The molecule has 0 aliphatic carbocycles. The molecule has 0 spiro atoms. The van der Waals surface area contributed by atoms with Gasteiger partial charge in [0.05, 0.1) is 6.61 Å². The van der Waals surface area contributed by atoms with E-state index in [1.54, 1.807) is 0 Å². The minimum Gasteiger partial charge on any atom is -0.395 e. The van der Waals surface area contributed by atoms with Gasteiger partial charge in [-0.15, -0.1) is 11.8 Å². The summed E-state index contributed by atoms with van der Waals surface area (Å²) in [6.07, 6.45) is 0.528. The Bertz CT molecular complexity index is 611. The van der Waals surface area contributed by atoms with Crippen molar-refractivity contribution in [3.05, 3.63) is 64.1 Å². The van der Waals surface area contributed by atoms with Crippen molar-refractivity contribution < 1.29 is 5.11 Å². The van der Waals surface area contributed by atoms with E-state index in [0.717, 1.165) is 15.8 Å². The van der Waals surface area contributed by atoms with Crippen molar-refractivity contribution in [2.75, 3.05) is 6.61 Å². The molecule has 0 fully saturated rings. The summed E-state index contributed by atoms with van der Waals surface area (Å²) in [6, 6.07) is 16.6. The zero-order valence-corrected chi connectivity index (χ0v) is 13.4. The highest BCUT2D eigenvalue weighted by Crippen LogP contribution is 2.25. The Morgan fingerprint density at radius 2 is 1.90 bits per heavy atom. The SMILES string of the molecule is OCCC#Cc1ccc(CSc2cccc(Br)c2)cc1. The molecule has 0 saturated heterocycles. The third kappa shape index (κ3) is 5.05. The van der Waals surface area contributed by atoms with Gasteiger partial charge in [0.2, 0.25) is 0 Å². The standard InChI is InChI=1S/C17H15BrOS/c18-16-5-3-6-17(12-16)20-13-15-9-7-14(8-10-15)4-1-2-11-19/h3,5-10,12,19H,2,11,13H2. The molecule has 0 aliphatic heterocycles. The highest BCUT2D eigenvalue weighted by atomic mass is 79.9. The van der Waals surface area contributed by atoms with Crippen molar-refractivity contribution in [1.82, 2.24) is 0 Å². The van der Waals surface area contributed by atoms with E-state index < -0.39 is 0 Å². The van der Waals surface area contributed by atoms with Gasteiger partial charge < -0.3 is 5.11 Å². The lowest BCUT2D eigenvalue weighted by molar-refractivity contribution is 0.305. The normalized spacial score (nSPS) is 9.90. The Morgan fingerprint density at radius 1 is 1.10 bits per heavy atom. The number of thioether (sulfide) groups is 1. The first-order chi connectivity index (χ1) is 9.78. The number of benzene rings is 2. The molecule has 0 atom stereocenters. The van der Waals surface area contributed by atoms with Crippen LogP contribution in [0.15, 0.2) is 57.9 Å². The summed E-state index contributed by atoms with van der Waals surface area (Å²) < 4.78 is 1.11. The maximum atomic E-state index is 8.68. The highest BCUT2D eigenvalue weighted by molar-refractivity contribution is 9.10. The molecule has 1 N–H and O–H groups in total. The summed E-state index contributed by atoms with van der Waals surface area (Å²) in [5.74, 6) is 6.90.